The Labute approximate surface area is 204 Å². The lowest BCUT2D eigenvalue weighted by molar-refractivity contribution is 1.19. The molecule has 0 unspecified atom stereocenters. The van der Waals surface area contributed by atoms with Gasteiger partial charge < -0.3 is 4.90 Å². The number of thiophene rings is 2. The van der Waals surface area contributed by atoms with Crippen molar-refractivity contribution < 1.29 is 0 Å². The van der Waals surface area contributed by atoms with Crippen LogP contribution in [-0.4, -0.2) is 0 Å². The van der Waals surface area contributed by atoms with Crippen molar-refractivity contribution in [1.82, 2.24) is 0 Å². The van der Waals surface area contributed by atoms with Crippen LogP contribution in [0.5, 0.6) is 0 Å². The normalized spacial score (nSPS) is 11.0. The fraction of sp³-hybridized carbons (Fsp3) is 0.133. The van der Waals surface area contributed by atoms with Gasteiger partial charge in [0.1, 0.15) is 0 Å². The fourth-order valence-electron chi connectivity index (χ4n) is 4.02. The summed E-state index contributed by atoms with van der Waals surface area (Å²) in [5.74, 6) is 0. The van der Waals surface area contributed by atoms with Crippen LogP contribution in [0.3, 0.4) is 0 Å². The molecule has 0 saturated heterocycles. The molecule has 5 rings (SSSR count). The summed E-state index contributed by atoms with van der Waals surface area (Å²) in [6.45, 7) is 4.42. The molecule has 0 fully saturated rings. The molecule has 0 bridgehead atoms. The third-order valence-corrected chi connectivity index (χ3v) is 8.41. The lowest BCUT2D eigenvalue weighted by Crippen LogP contribution is -2.09. The number of aryl methyl sites for hydroxylation is 2. The minimum absolute atomic E-state index is 1.09. The number of anilines is 3. The third-order valence-electron chi connectivity index (χ3n) is 5.85. The van der Waals surface area contributed by atoms with Crippen molar-refractivity contribution in [3.8, 4) is 20.9 Å². The monoisotopic (exact) mass is 465 g/mol. The third kappa shape index (κ3) is 4.66. The van der Waals surface area contributed by atoms with E-state index >= 15 is 0 Å². The topological polar surface area (TPSA) is 3.24 Å². The largest absolute Gasteiger partial charge is 0.311 e. The Morgan fingerprint density at radius 3 is 1.30 bits per heavy atom. The Bertz CT molecular complexity index is 1230. The molecule has 2 aromatic heterocycles. The van der Waals surface area contributed by atoms with E-state index in [1.54, 1.807) is 0 Å². The molecule has 0 N–H and O–H groups in total. The maximum Gasteiger partial charge on any atom is 0.0462 e. The molecule has 33 heavy (non-hydrogen) atoms. The highest BCUT2D eigenvalue weighted by molar-refractivity contribution is 7.15. The van der Waals surface area contributed by atoms with Gasteiger partial charge in [-0.25, -0.2) is 0 Å². The zero-order valence-electron chi connectivity index (χ0n) is 19.0. The van der Waals surface area contributed by atoms with Gasteiger partial charge in [0.15, 0.2) is 0 Å². The van der Waals surface area contributed by atoms with Crippen molar-refractivity contribution in [3.05, 3.63) is 113 Å². The minimum Gasteiger partial charge on any atom is -0.311 e. The second-order valence-corrected chi connectivity index (χ2v) is 10.3. The molecular formula is C30H27NS2. The van der Waals surface area contributed by atoms with Crippen LogP contribution >= 0.6 is 22.7 Å². The Kier molecular flexibility index (Phi) is 6.43. The Morgan fingerprint density at radius 1 is 0.485 bits per heavy atom. The lowest BCUT2D eigenvalue weighted by atomic mass is 10.1. The first-order valence-electron chi connectivity index (χ1n) is 11.5. The van der Waals surface area contributed by atoms with Crippen LogP contribution in [0.1, 0.15) is 23.6 Å². The molecule has 3 heteroatoms. The van der Waals surface area contributed by atoms with E-state index in [2.05, 4.69) is 122 Å². The molecule has 0 saturated carbocycles. The SMILES string of the molecule is CCc1ccc(-c2ccc(N(c3ccccc3)c3ccc(-c4ccc(CC)s4)cc3)cc2)s1. The second-order valence-electron chi connectivity index (χ2n) is 8.00. The molecule has 3 aromatic carbocycles. The zero-order valence-corrected chi connectivity index (χ0v) is 20.6. The highest BCUT2D eigenvalue weighted by Gasteiger charge is 2.13. The number of benzene rings is 3. The number of hydrogen-bond acceptors (Lipinski definition) is 3. The van der Waals surface area contributed by atoms with E-state index in [9.17, 15) is 0 Å². The molecule has 0 aliphatic rings. The van der Waals surface area contributed by atoms with Gasteiger partial charge in [-0.2, -0.15) is 0 Å². The van der Waals surface area contributed by atoms with E-state index in [-0.39, 0.29) is 0 Å². The van der Waals surface area contributed by atoms with Crippen molar-refractivity contribution in [2.75, 3.05) is 4.90 Å². The van der Waals surface area contributed by atoms with Gasteiger partial charge >= 0.3 is 0 Å². The number of rotatable bonds is 7. The van der Waals surface area contributed by atoms with E-state index in [0.717, 1.165) is 29.9 Å². The maximum atomic E-state index is 2.32. The molecule has 0 spiro atoms. The Balaban J connectivity index is 1.49. The summed E-state index contributed by atoms with van der Waals surface area (Å²) in [5.41, 5.74) is 6.03. The number of hydrogen-bond donors (Lipinski definition) is 0. The molecule has 1 nitrogen and oxygen atoms in total. The van der Waals surface area contributed by atoms with Gasteiger partial charge in [-0.1, -0.05) is 56.3 Å². The predicted octanol–water partition coefficient (Wildman–Crippen LogP) is 9.74. The summed E-state index contributed by atoms with van der Waals surface area (Å²) >= 11 is 3.77. The molecule has 2 heterocycles. The maximum absolute atomic E-state index is 2.32. The molecule has 164 valence electrons. The summed E-state index contributed by atoms with van der Waals surface area (Å²) in [4.78, 5) is 7.84. The smallest absolute Gasteiger partial charge is 0.0462 e. The average molecular weight is 466 g/mol. The fourth-order valence-corrected chi connectivity index (χ4v) is 5.93. The van der Waals surface area contributed by atoms with Gasteiger partial charge in [0.25, 0.3) is 0 Å². The molecule has 0 aliphatic heterocycles. The van der Waals surface area contributed by atoms with E-state index in [1.807, 2.05) is 22.7 Å². The predicted molar refractivity (Wildman–Crippen MR) is 147 cm³/mol. The summed E-state index contributed by atoms with van der Waals surface area (Å²) in [5, 5.41) is 0. The second kappa shape index (κ2) is 9.78. The number of nitrogens with zero attached hydrogens (tertiary/aromatic N) is 1. The quantitative estimate of drug-likeness (QED) is 0.231. The molecule has 5 aromatic rings. The van der Waals surface area contributed by atoms with Crippen LogP contribution in [0.25, 0.3) is 20.9 Å². The van der Waals surface area contributed by atoms with Gasteiger partial charge in [0, 0.05) is 36.6 Å². The van der Waals surface area contributed by atoms with Crippen LogP contribution in [0.15, 0.2) is 103 Å². The van der Waals surface area contributed by atoms with E-state index < -0.39 is 0 Å². The standard InChI is InChI=1S/C30H27NS2/c1-3-27-18-20-29(32-27)22-10-14-25(15-11-22)31(24-8-6-5-7-9-24)26-16-12-23(13-17-26)30-21-19-28(4-2)33-30/h5-21H,3-4H2,1-2H3. The highest BCUT2D eigenvalue weighted by Crippen LogP contribution is 2.38. The van der Waals surface area contributed by atoms with Crippen molar-refractivity contribution >= 4 is 39.7 Å². The summed E-state index contributed by atoms with van der Waals surface area (Å²) in [7, 11) is 0. The van der Waals surface area contributed by atoms with Crippen molar-refractivity contribution in [1.29, 1.82) is 0 Å². The van der Waals surface area contributed by atoms with Crippen molar-refractivity contribution in [2.45, 2.75) is 26.7 Å². The van der Waals surface area contributed by atoms with Crippen molar-refractivity contribution in [3.63, 3.8) is 0 Å². The summed E-state index contributed by atoms with van der Waals surface area (Å²) in [6, 6.07) is 37.4. The zero-order chi connectivity index (χ0) is 22.6. The Hall–Kier alpha value is -3.14. The summed E-state index contributed by atoms with van der Waals surface area (Å²) in [6.07, 6.45) is 2.18. The minimum atomic E-state index is 1.09. The first kappa shape index (κ1) is 21.7. The van der Waals surface area contributed by atoms with Crippen LogP contribution in [0, 0.1) is 0 Å². The van der Waals surface area contributed by atoms with Gasteiger partial charge in [-0.05, 0) is 84.6 Å². The van der Waals surface area contributed by atoms with Gasteiger partial charge in [-0.3, -0.25) is 0 Å². The van der Waals surface area contributed by atoms with Crippen LogP contribution in [0.2, 0.25) is 0 Å². The van der Waals surface area contributed by atoms with Crippen LogP contribution < -0.4 is 4.90 Å². The van der Waals surface area contributed by atoms with Gasteiger partial charge in [0.2, 0.25) is 0 Å². The Morgan fingerprint density at radius 2 is 0.909 bits per heavy atom. The van der Waals surface area contributed by atoms with Crippen molar-refractivity contribution in [2.24, 2.45) is 0 Å². The number of para-hydroxylation sites is 1. The first-order valence-corrected chi connectivity index (χ1v) is 13.1. The highest BCUT2D eigenvalue weighted by atomic mass is 32.1. The summed E-state index contributed by atoms with van der Waals surface area (Å²) < 4.78 is 0. The van der Waals surface area contributed by atoms with E-state index in [4.69, 9.17) is 0 Å². The van der Waals surface area contributed by atoms with Crippen LogP contribution in [0.4, 0.5) is 17.1 Å². The van der Waals surface area contributed by atoms with E-state index in [1.165, 1.54) is 30.6 Å². The molecule has 0 atom stereocenters. The molecule has 0 radical (unpaired) electrons. The molecular weight excluding hydrogens is 438 g/mol. The van der Waals surface area contributed by atoms with Gasteiger partial charge in [0.05, 0.1) is 0 Å². The van der Waals surface area contributed by atoms with E-state index in [0.29, 0.717) is 0 Å². The molecule has 0 aliphatic carbocycles. The lowest BCUT2D eigenvalue weighted by Gasteiger charge is -2.25. The first-order chi connectivity index (χ1) is 16.2. The van der Waals surface area contributed by atoms with Gasteiger partial charge in [-0.15, -0.1) is 22.7 Å². The average Bonchev–Trinajstić information content (AvgIpc) is 3.56. The molecule has 0 amide bonds. The van der Waals surface area contributed by atoms with Crippen LogP contribution in [-0.2, 0) is 12.8 Å².